The number of para-hydroxylation sites is 1. The topological polar surface area (TPSA) is 128 Å². The number of nitrogen functional groups attached to an aromatic ring is 1. The lowest BCUT2D eigenvalue weighted by atomic mass is 10.1. The van der Waals surface area contributed by atoms with Crippen LogP contribution in [0.15, 0.2) is 24.4 Å². The summed E-state index contributed by atoms with van der Waals surface area (Å²) >= 11 is 0. The Balaban J connectivity index is 1.63. The molecule has 0 saturated carbocycles. The average Bonchev–Trinajstić information content (AvgIpc) is 3.29. The number of aromatic nitrogens is 4. The minimum absolute atomic E-state index is 0.0939. The van der Waals surface area contributed by atoms with Crippen molar-refractivity contribution in [3.05, 3.63) is 30.0 Å². The van der Waals surface area contributed by atoms with Gasteiger partial charge in [-0.3, -0.25) is 4.31 Å². The van der Waals surface area contributed by atoms with Crippen LogP contribution in [0.5, 0.6) is 0 Å². The van der Waals surface area contributed by atoms with E-state index in [-0.39, 0.29) is 12.7 Å². The highest BCUT2D eigenvalue weighted by atomic mass is 32.2. The predicted molar refractivity (Wildman–Crippen MR) is 129 cm³/mol. The van der Waals surface area contributed by atoms with Crippen molar-refractivity contribution in [1.82, 2.24) is 19.7 Å². The van der Waals surface area contributed by atoms with Crippen molar-refractivity contribution in [2.75, 3.05) is 34.8 Å². The molecule has 0 atom stereocenters. The number of anilines is 4. The van der Waals surface area contributed by atoms with Gasteiger partial charge in [-0.2, -0.15) is 15.1 Å². The van der Waals surface area contributed by atoms with Crippen LogP contribution in [0, 0.1) is 0 Å². The number of hydrogen-bond donors (Lipinski definition) is 2. The summed E-state index contributed by atoms with van der Waals surface area (Å²) in [5, 5.41) is 8.34. The number of sulfonamides is 1. The molecule has 0 saturated heterocycles. The highest BCUT2D eigenvalue weighted by molar-refractivity contribution is 7.92. The van der Waals surface area contributed by atoms with Crippen LogP contribution in [0.1, 0.15) is 5.56 Å². The van der Waals surface area contributed by atoms with Crippen LogP contribution in [0.4, 0.5) is 23.1 Å². The summed E-state index contributed by atoms with van der Waals surface area (Å²) in [5.41, 5.74) is 8.79. The third-order valence-electron chi connectivity index (χ3n) is 5.33. The Hall–Kier alpha value is -2.70. The molecule has 0 aliphatic carbocycles. The maximum atomic E-state index is 12.3. The molecule has 0 amide bonds. The van der Waals surface area contributed by atoms with E-state index in [2.05, 4.69) is 40.0 Å². The molecule has 2 aromatic heterocycles. The standard InChI is InChI=1S/C20H29N7O3SSi/c1-31(28,29)27-9-8-14-6-5-7-16(17(14)27)23-18-15-12-22-26(19(15)25-20(21)24-18)13-30-10-11-32(2,3)4/h5-7,12H,8-11,13H2,1-4H3,(H3,21,23,24,25). The van der Waals surface area contributed by atoms with Crippen molar-refractivity contribution < 1.29 is 13.2 Å². The summed E-state index contributed by atoms with van der Waals surface area (Å²) in [4.78, 5) is 8.69. The predicted octanol–water partition coefficient (Wildman–Crippen LogP) is 2.79. The molecule has 0 spiro atoms. The van der Waals surface area contributed by atoms with E-state index in [0.29, 0.717) is 47.8 Å². The fraction of sp³-hybridized carbons (Fsp3) is 0.450. The van der Waals surface area contributed by atoms with Gasteiger partial charge < -0.3 is 15.8 Å². The molecular weight excluding hydrogens is 446 g/mol. The van der Waals surface area contributed by atoms with Crippen molar-refractivity contribution in [2.24, 2.45) is 0 Å². The Kier molecular flexibility index (Phi) is 5.86. The summed E-state index contributed by atoms with van der Waals surface area (Å²) < 4.78 is 33.5. The van der Waals surface area contributed by atoms with Crippen LogP contribution >= 0.6 is 0 Å². The molecule has 0 unspecified atom stereocenters. The van der Waals surface area contributed by atoms with Gasteiger partial charge in [-0.05, 0) is 24.1 Å². The average molecular weight is 476 g/mol. The molecule has 3 aromatic rings. The first kappa shape index (κ1) is 22.5. The maximum absolute atomic E-state index is 12.3. The largest absolute Gasteiger partial charge is 0.368 e. The molecule has 1 aliphatic rings. The molecule has 1 aromatic carbocycles. The Bertz CT molecular complexity index is 1250. The van der Waals surface area contributed by atoms with Crippen LogP contribution in [0.3, 0.4) is 0 Å². The summed E-state index contributed by atoms with van der Waals surface area (Å²) in [6.07, 6.45) is 3.54. The first-order chi connectivity index (χ1) is 15.0. The number of hydrogen-bond acceptors (Lipinski definition) is 8. The van der Waals surface area contributed by atoms with Gasteiger partial charge >= 0.3 is 0 Å². The molecular formula is C20H29N7O3SSi. The molecule has 12 heteroatoms. The van der Waals surface area contributed by atoms with Gasteiger partial charge in [0.05, 0.1) is 29.2 Å². The number of fused-ring (bicyclic) bond motifs is 2. The van der Waals surface area contributed by atoms with E-state index in [0.717, 1.165) is 11.6 Å². The van der Waals surface area contributed by atoms with Crippen LogP contribution in [0.2, 0.25) is 25.7 Å². The second-order valence-corrected chi connectivity index (χ2v) is 16.7. The fourth-order valence-electron chi connectivity index (χ4n) is 3.67. The number of nitrogens with zero attached hydrogens (tertiary/aromatic N) is 5. The normalized spacial score (nSPS) is 14.2. The van der Waals surface area contributed by atoms with Gasteiger partial charge in [-0.25, -0.2) is 13.1 Å². The minimum atomic E-state index is -3.40. The lowest BCUT2D eigenvalue weighted by Gasteiger charge is -2.20. The van der Waals surface area contributed by atoms with Crippen molar-refractivity contribution in [1.29, 1.82) is 0 Å². The van der Waals surface area contributed by atoms with Crippen molar-refractivity contribution in [2.45, 2.75) is 38.8 Å². The van der Waals surface area contributed by atoms with Crippen LogP contribution in [-0.4, -0.2) is 55.6 Å². The third-order valence-corrected chi connectivity index (χ3v) is 8.20. The van der Waals surface area contributed by atoms with E-state index in [1.807, 2.05) is 18.2 Å². The van der Waals surface area contributed by atoms with Crippen LogP contribution in [-0.2, 0) is 27.9 Å². The molecule has 0 bridgehead atoms. The molecule has 0 fully saturated rings. The molecule has 4 rings (SSSR count). The van der Waals surface area contributed by atoms with Crippen LogP contribution < -0.4 is 15.4 Å². The molecule has 3 N–H and O–H groups in total. The SMILES string of the molecule is C[Si](C)(C)CCOCn1ncc2c(Nc3cccc4c3N(S(C)(=O)=O)CC4)nc(N)nc21. The van der Waals surface area contributed by atoms with E-state index in [9.17, 15) is 8.42 Å². The number of nitrogens with one attached hydrogen (secondary N) is 1. The Morgan fingerprint density at radius 3 is 2.75 bits per heavy atom. The highest BCUT2D eigenvalue weighted by Crippen LogP contribution is 2.39. The van der Waals surface area contributed by atoms with Gasteiger partial charge in [0, 0.05) is 21.2 Å². The third kappa shape index (κ3) is 4.71. The molecule has 172 valence electrons. The molecule has 3 heterocycles. The van der Waals surface area contributed by atoms with Gasteiger partial charge in [-0.15, -0.1) is 0 Å². The van der Waals surface area contributed by atoms with E-state index in [1.54, 1.807) is 10.9 Å². The Morgan fingerprint density at radius 2 is 2.03 bits per heavy atom. The van der Waals surface area contributed by atoms with Gasteiger partial charge in [0.25, 0.3) is 0 Å². The zero-order valence-corrected chi connectivity index (χ0v) is 20.6. The van der Waals surface area contributed by atoms with Gasteiger partial charge in [0.2, 0.25) is 16.0 Å². The van der Waals surface area contributed by atoms with Crippen molar-refractivity contribution in [3.8, 4) is 0 Å². The number of nitrogens with two attached hydrogens (primary N) is 1. The highest BCUT2D eigenvalue weighted by Gasteiger charge is 2.29. The van der Waals surface area contributed by atoms with Crippen LogP contribution in [0.25, 0.3) is 11.0 Å². The molecule has 32 heavy (non-hydrogen) atoms. The van der Waals surface area contributed by atoms with Gasteiger partial charge in [-0.1, -0.05) is 31.8 Å². The van der Waals surface area contributed by atoms with Crippen molar-refractivity contribution in [3.63, 3.8) is 0 Å². The zero-order valence-electron chi connectivity index (χ0n) is 18.8. The molecule has 1 aliphatic heterocycles. The van der Waals surface area contributed by atoms with E-state index in [4.69, 9.17) is 10.5 Å². The summed E-state index contributed by atoms with van der Waals surface area (Å²) in [5.74, 6) is 0.561. The minimum Gasteiger partial charge on any atom is -0.368 e. The maximum Gasteiger partial charge on any atom is 0.232 e. The number of rotatable bonds is 8. The number of benzene rings is 1. The fourth-order valence-corrected chi connectivity index (χ4v) is 5.40. The Morgan fingerprint density at radius 1 is 1.25 bits per heavy atom. The summed E-state index contributed by atoms with van der Waals surface area (Å²) in [6.45, 7) is 8.26. The van der Waals surface area contributed by atoms with E-state index < -0.39 is 18.1 Å². The van der Waals surface area contributed by atoms with E-state index >= 15 is 0 Å². The summed E-state index contributed by atoms with van der Waals surface area (Å²) in [7, 11) is -4.57. The molecule has 10 nitrogen and oxygen atoms in total. The first-order valence-electron chi connectivity index (χ1n) is 10.5. The zero-order chi connectivity index (χ0) is 23.1. The first-order valence-corrected chi connectivity index (χ1v) is 16.0. The quantitative estimate of drug-likeness (QED) is 0.376. The smallest absolute Gasteiger partial charge is 0.232 e. The van der Waals surface area contributed by atoms with Gasteiger partial charge in [0.15, 0.2) is 5.65 Å². The Labute approximate surface area is 188 Å². The second kappa shape index (κ2) is 8.33. The van der Waals surface area contributed by atoms with Gasteiger partial charge in [0.1, 0.15) is 12.5 Å². The number of ether oxygens (including phenoxy) is 1. The molecule has 0 radical (unpaired) electrons. The van der Waals surface area contributed by atoms with Crippen molar-refractivity contribution >= 4 is 52.3 Å². The lowest BCUT2D eigenvalue weighted by Crippen LogP contribution is -2.28. The monoisotopic (exact) mass is 475 g/mol. The summed E-state index contributed by atoms with van der Waals surface area (Å²) in [6, 6.07) is 6.72. The lowest BCUT2D eigenvalue weighted by molar-refractivity contribution is 0.0813. The second-order valence-electron chi connectivity index (χ2n) is 9.18. The van der Waals surface area contributed by atoms with E-state index in [1.165, 1.54) is 10.6 Å².